The van der Waals surface area contributed by atoms with Crippen LogP contribution in [0.3, 0.4) is 0 Å². The molecular formula is C14H10ClFINO2. The molecule has 0 saturated carbocycles. The number of anilines is 1. The summed E-state index contributed by atoms with van der Waals surface area (Å²) < 4.78 is 24.4. The van der Waals surface area contributed by atoms with E-state index in [0.29, 0.717) is 23.1 Å². The van der Waals surface area contributed by atoms with Crippen LogP contribution in [0.25, 0.3) is 0 Å². The zero-order valence-corrected chi connectivity index (χ0v) is 13.2. The molecule has 1 aliphatic rings. The summed E-state index contributed by atoms with van der Waals surface area (Å²) >= 11 is 8.22. The third-order valence-electron chi connectivity index (χ3n) is 2.90. The van der Waals surface area contributed by atoms with Gasteiger partial charge in [0.05, 0.1) is 5.02 Å². The Hall–Kier alpha value is -1.21. The fourth-order valence-electron chi connectivity index (χ4n) is 1.95. The van der Waals surface area contributed by atoms with Gasteiger partial charge in [0.1, 0.15) is 5.82 Å². The van der Waals surface area contributed by atoms with E-state index in [-0.39, 0.29) is 12.6 Å². The third-order valence-corrected chi connectivity index (χ3v) is 4.07. The monoisotopic (exact) mass is 405 g/mol. The van der Waals surface area contributed by atoms with Crippen LogP contribution in [0.1, 0.15) is 5.56 Å². The fourth-order valence-corrected chi connectivity index (χ4v) is 2.91. The number of rotatable bonds is 3. The van der Waals surface area contributed by atoms with Crippen molar-refractivity contribution in [1.29, 1.82) is 0 Å². The van der Waals surface area contributed by atoms with Gasteiger partial charge in [0.25, 0.3) is 0 Å². The van der Waals surface area contributed by atoms with E-state index in [0.717, 1.165) is 14.8 Å². The number of halogens is 3. The largest absolute Gasteiger partial charge is 0.454 e. The lowest BCUT2D eigenvalue weighted by molar-refractivity contribution is 0.174. The van der Waals surface area contributed by atoms with Gasteiger partial charge in [0.2, 0.25) is 6.79 Å². The minimum atomic E-state index is -0.244. The Bertz CT molecular complexity index is 666. The van der Waals surface area contributed by atoms with Crippen molar-refractivity contribution in [2.45, 2.75) is 6.54 Å². The van der Waals surface area contributed by atoms with E-state index < -0.39 is 0 Å². The number of ether oxygens (including phenoxy) is 2. The summed E-state index contributed by atoms with van der Waals surface area (Å²) in [6, 6.07) is 8.34. The number of hydrogen-bond donors (Lipinski definition) is 1. The molecule has 0 amide bonds. The molecule has 0 saturated heterocycles. The Morgan fingerprint density at radius 3 is 2.90 bits per heavy atom. The van der Waals surface area contributed by atoms with Crippen molar-refractivity contribution in [3.05, 3.63) is 50.3 Å². The van der Waals surface area contributed by atoms with E-state index >= 15 is 0 Å². The molecule has 0 aromatic heterocycles. The van der Waals surface area contributed by atoms with Gasteiger partial charge in [-0.2, -0.15) is 0 Å². The average Bonchev–Trinajstić information content (AvgIpc) is 2.86. The van der Waals surface area contributed by atoms with Crippen molar-refractivity contribution in [2.75, 3.05) is 12.1 Å². The highest BCUT2D eigenvalue weighted by Crippen LogP contribution is 2.39. The maximum absolute atomic E-state index is 13.0. The number of fused-ring (bicyclic) bond motifs is 1. The van der Waals surface area contributed by atoms with Gasteiger partial charge >= 0.3 is 0 Å². The van der Waals surface area contributed by atoms with Crippen molar-refractivity contribution >= 4 is 39.9 Å². The predicted octanol–water partition coefficient (Wildman–Crippen LogP) is 4.42. The summed E-state index contributed by atoms with van der Waals surface area (Å²) in [7, 11) is 0. The normalized spacial score (nSPS) is 12.6. The maximum Gasteiger partial charge on any atom is 0.231 e. The van der Waals surface area contributed by atoms with Gasteiger partial charge in [-0.3, -0.25) is 0 Å². The Kier molecular flexibility index (Phi) is 3.89. The van der Waals surface area contributed by atoms with Crippen LogP contribution in [0.5, 0.6) is 11.5 Å². The summed E-state index contributed by atoms with van der Waals surface area (Å²) in [6.45, 7) is 0.764. The Morgan fingerprint density at radius 1 is 1.25 bits per heavy atom. The summed E-state index contributed by atoms with van der Waals surface area (Å²) in [4.78, 5) is 0. The zero-order valence-electron chi connectivity index (χ0n) is 10.3. The molecule has 0 bridgehead atoms. The van der Waals surface area contributed by atoms with Crippen LogP contribution in [0.2, 0.25) is 5.02 Å². The Labute approximate surface area is 134 Å². The molecule has 0 fully saturated rings. The third kappa shape index (κ3) is 2.78. The molecule has 0 unspecified atom stereocenters. The first-order valence-electron chi connectivity index (χ1n) is 5.90. The summed E-state index contributed by atoms with van der Waals surface area (Å²) in [5.41, 5.74) is 1.85. The first-order valence-corrected chi connectivity index (χ1v) is 7.36. The Morgan fingerprint density at radius 2 is 2.10 bits per heavy atom. The van der Waals surface area contributed by atoms with Gasteiger partial charge in [-0.25, -0.2) is 4.39 Å². The van der Waals surface area contributed by atoms with E-state index in [9.17, 15) is 4.39 Å². The lowest BCUT2D eigenvalue weighted by atomic mass is 10.2. The molecule has 0 radical (unpaired) electrons. The quantitative estimate of drug-likeness (QED) is 0.767. The highest BCUT2D eigenvalue weighted by atomic mass is 127. The highest BCUT2D eigenvalue weighted by molar-refractivity contribution is 14.1. The van der Waals surface area contributed by atoms with Crippen LogP contribution in [0.4, 0.5) is 10.1 Å². The first kappa shape index (κ1) is 13.8. The number of hydrogen-bond acceptors (Lipinski definition) is 3. The predicted molar refractivity (Wildman–Crippen MR) is 84.0 cm³/mol. The van der Waals surface area contributed by atoms with Crippen LogP contribution in [-0.4, -0.2) is 6.79 Å². The number of benzene rings is 2. The lowest BCUT2D eigenvalue weighted by Gasteiger charge is -2.10. The van der Waals surface area contributed by atoms with Gasteiger partial charge in [-0.15, -0.1) is 0 Å². The number of nitrogens with one attached hydrogen (secondary N) is 1. The molecule has 3 nitrogen and oxygen atoms in total. The molecule has 20 heavy (non-hydrogen) atoms. The molecular weight excluding hydrogens is 396 g/mol. The highest BCUT2D eigenvalue weighted by Gasteiger charge is 2.18. The van der Waals surface area contributed by atoms with Gasteiger partial charge in [0, 0.05) is 15.8 Å². The summed E-state index contributed by atoms with van der Waals surface area (Å²) in [6.07, 6.45) is 0. The molecule has 0 atom stereocenters. The zero-order chi connectivity index (χ0) is 14.1. The molecule has 1 aliphatic heterocycles. The molecule has 0 spiro atoms. The van der Waals surface area contributed by atoms with E-state index in [1.807, 2.05) is 12.1 Å². The van der Waals surface area contributed by atoms with Gasteiger partial charge in [0.15, 0.2) is 11.5 Å². The van der Waals surface area contributed by atoms with E-state index in [2.05, 4.69) is 27.9 Å². The lowest BCUT2D eigenvalue weighted by Crippen LogP contribution is -2.01. The van der Waals surface area contributed by atoms with E-state index in [1.54, 1.807) is 6.07 Å². The molecule has 2 aromatic carbocycles. The second kappa shape index (κ2) is 5.65. The summed E-state index contributed by atoms with van der Waals surface area (Å²) in [5.74, 6) is 1.00. The SMILES string of the molecule is Fc1ccc(NCc2cc(Cl)c3c(c2)OCO3)c(I)c1. The molecule has 1 heterocycles. The average molecular weight is 406 g/mol. The molecule has 0 aliphatic carbocycles. The van der Waals surface area contributed by atoms with E-state index in [4.69, 9.17) is 21.1 Å². The smallest absolute Gasteiger partial charge is 0.231 e. The topological polar surface area (TPSA) is 30.5 Å². The molecule has 3 rings (SSSR count). The van der Waals surface area contributed by atoms with Crippen molar-refractivity contribution in [1.82, 2.24) is 0 Å². The molecule has 1 N–H and O–H groups in total. The second-order valence-corrected chi connectivity index (χ2v) is 5.86. The molecule has 2 aromatic rings. The molecule has 6 heteroatoms. The van der Waals surface area contributed by atoms with Crippen molar-refractivity contribution in [2.24, 2.45) is 0 Å². The van der Waals surface area contributed by atoms with Crippen LogP contribution >= 0.6 is 34.2 Å². The van der Waals surface area contributed by atoms with Crippen LogP contribution < -0.4 is 14.8 Å². The van der Waals surface area contributed by atoms with E-state index in [1.165, 1.54) is 12.1 Å². The Balaban J connectivity index is 1.77. The van der Waals surface area contributed by atoms with Crippen molar-refractivity contribution in [3.8, 4) is 11.5 Å². The minimum absolute atomic E-state index is 0.196. The van der Waals surface area contributed by atoms with Crippen LogP contribution in [-0.2, 0) is 6.54 Å². The van der Waals surface area contributed by atoms with Crippen molar-refractivity contribution < 1.29 is 13.9 Å². The first-order chi connectivity index (χ1) is 9.63. The summed E-state index contributed by atoms with van der Waals surface area (Å²) in [5, 5.41) is 3.78. The van der Waals surface area contributed by atoms with Gasteiger partial charge in [-0.1, -0.05) is 11.6 Å². The van der Waals surface area contributed by atoms with Crippen molar-refractivity contribution in [3.63, 3.8) is 0 Å². The molecule has 104 valence electrons. The van der Waals surface area contributed by atoms with Crippen LogP contribution in [0, 0.1) is 9.39 Å². The maximum atomic E-state index is 13.0. The minimum Gasteiger partial charge on any atom is -0.454 e. The van der Waals surface area contributed by atoms with Crippen LogP contribution in [0.15, 0.2) is 30.3 Å². The van der Waals surface area contributed by atoms with Gasteiger partial charge < -0.3 is 14.8 Å². The fraction of sp³-hybridized carbons (Fsp3) is 0.143. The second-order valence-electron chi connectivity index (χ2n) is 4.29. The standard InChI is InChI=1S/C14H10ClFINO2/c15-10-3-8(4-13-14(10)20-7-19-13)6-18-12-2-1-9(16)5-11(12)17/h1-5,18H,6-7H2. The van der Waals surface area contributed by atoms with Gasteiger partial charge in [-0.05, 0) is 58.5 Å².